The highest BCUT2D eigenvalue weighted by Gasteiger charge is 2.14. The van der Waals surface area contributed by atoms with Crippen molar-refractivity contribution in [3.05, 3.63) is 0 Å². The van der Waals surface area contributed by atoms with Crippen molar-refractivity contribution in [2.75, 3.05) is 13.1 Å². The summed E-state index contributed by atoms with van der Waals surface area (Å²) in [5.41, 5.74) is 0. The first kappa shape index (κ1) is 12.4. The topological polar surface area (TPSA) is 124 Å². The summed E-state index contributed by atoms with van der Waals surface area (Å²) in [7, 11) is 0. The lowest BCUT2D eigenvalue weighted by Crippen LogP contribution is -2.53. The molecule has 0 rings (SSSR count). The second kappa shape index (κ2) is 5.18. The minimum absolute atomic E-state index is 0.653. The third-order valence-corrected chi connectivity index (χ3v) is 1.55. The van der Waals surface area contributed by atoms with Gasteiger partial charge in [-0.25, -0.2) is 0 Å². The molecule has 0 saturated carbocycles. The third-order valence-electron chi connectivity index (χ3n) is 1.55. The van der Waals surface area contributed by atoms with Crippen LogP contribution < -0.4 is 15.3 Å². The fourth-order valence-electron chi connectivity index (χ4n) is 0.810. The molecule has 0 aliphatic rings. The molecule has 0 aliphatic carbocycles. The first-order chi connectivity index (χ1) is 6.34. The Morgan fingerprint density at radius 2 is 1.43 bits per heavy atom. The Balaban J connectivity index is 4.45. The summed E-state index contributed by atoms with van der Waals surface area (Å²) in [5.74, 6) is -4.70. The number of carboxylic acids is 3. The second-order valence-corrected chi connectivity index (χ2v) is 2.64. The van der Waals surface area contributed by atoms with Crippen LogP contribution in [-0.4, -0.2) is 41.9 Å². The van der Waals surface area contributed by atoms with Gasteiger partial charge in [-0.15, -0.1) is 0 Å². The molecule has 1 atom stereocenters. The Labute approximate surface area is 79.6 Å². The number of hydrogen-bond donors (Lipinski definition) is 0. The molecule has 80 valence electrons. The molecule has 0 aromatic rings. The van der Waals surface area contributed by atoms with Gasteiger partial charge in [0.2, 0.25) is 0 Å². The molecule has 0 aromatic carbocycles. The number of hydrogen-bond acceptors (Lipinski definition) is 7. The van der Waals surface area contributed by atoms with Gasteiger partial charge < -0.3 is 29.7 Å². The maximum absolute atomic E-state index is 10.3. The predicted octanol–water partition coefficient (Wildman–Crippen LogP) is -5.07. The van der Waals surface area contributed by atoms with Crippen molar-refractivity contribution in [1.82, 2.24) is 4.90 Å². The van der Waals surface area contributed by atoms with Gasteiger partial charge >= 0.3 is 0 Å². The zero-order chi connectivity index (χ0) is 11.3. The Hall–Kier alpha value is -1.63. The Morgan fingerprint density at radius 3 is 1.64 bits per heavy atom. The molecule has 0 radical (unpaired) electrons. The standard InChI is InChI=1S/C7H11NO6/c1-4(7(13)14)8(2-5(9)10)3-6(11)12/h4H,2-3H2,1H3,(H,9,10)(H,11,12)(H,13,14)/p-3. The summed E-state index contributed by atoms with van der Waals surface area (Å²) < 4.78 is 0. The van der Waals surface area contributed by atoms with Crippen molar-refractivity contribution in [3.8, 4) is 0 Å². The summed E-state index contributed by atoms with van der Waals surface area (Å²) in [6.45, 7) is -0.493. The van der Waals surface area contributed by atoms with Crippen LogP contribution in [0.4, 0.5) is 0 Å². The number of carbonyl (C=O) groups excluding carboxylic acids is 3. The quantitative estimate of drug-likeness (QED) is 0.422. The van der Waals surface area contributed by atoms with E-state index in [4.69, 9.17) is 0 Å². The summed E-state index contributed by atoms with van der Waals surface area (Å²) >= 11 is 0. The van der Waals surface area contributed by atoms with Crippen molar-refractivity contribution in [2.45, 2.75) is 13.0 Å². The zero-order valence-corrected chi connectivity index (χ0v) is 7.39. The van der Waals surface area contributed by atoms with Crippen molar-refractivity contribution < 1.29 is 29.7 Å². The first-order valence-electron chi connectivity index (χ1n) is 3.69. The van der Waals surface area contributed by atoms with Gasteiger partial charge in [0.25, 0.3) is 0 Å². The minimum atomic E-state index is -1.57. The number of rotatable bonds is 6. The Morgan fingerprint density at radius 1 is 1.07 bits per heavy atom. The van der Waals surface area contributed by atoms with Crippen LogP contribution in [0.1, 0.15) is 6.92 Å². The van der Waals surface area contributed by atoms with E-state index >= 15 is 0 Å². The van der Waals surface area contributed by atoms with Crippen LogP contribution in [0.15, 0.2) is 0 Å². The van der Waals surface area contributed by atoms with Crippen LogP contribution >= 0.6 is 0 Å². The first-order valence-corrected chi connectivity index (χ1v) is 3.69. The molecular weight excluding hydrogens is 194 g/mol. The Bertz CT molecular complexity index is 235. The molecule has 0 fully saturated rings. The van der Waals surface area contributed by atoms with Crippen molar-refractivity contribution in [1.29, 1.82) is 0 Å². The van der Waals surface area contributed by atoms with Gasteiger partial charge in [0.15, 0.2) is 0 Å². The third kappa shape index (κ3) is 4.41. The smallest absolute Gasteiger partial charge is 0.0584 e. The van der Waals surface area contributed by atoms with Gasteiger partial charge in [-0.1, -0.05) is 0 Å². The van der Waals surface area contributed by atoms with Gasteiger partial charge in [-0.2, -0.15) is 0 Å². The van der Waals surface area contributed by atoms with Gasteiger partial charge in [0, 0.05) is 19.1 Å². The molecule has 0 aliphatic heterocycles. The van der Waals surface area contributed by atoms with E-state index in [2.05, 4.69) is 0 Å². The SMILES string of the molecule is CC(C(=O)[O-])N(CC(=O)[O-])CC(=O)[O-]. The fraction of sp³-hybridized carbons (Fsp3) is 0.571. The molecule has 7 heteroatoms. The number of carboxylic acid groups (broad SMARTS) is 3. The van der Waals surface area contributed by atoms with Crippen LogP contribution in [0.2, 0.25) is 0 Å². The summed E-state index contributed by atoms with van der Waals surface area (Å²) in [4.78, 5) is 31.3. The maximum Gasteiger partial charge on any atom is 0.0584 e. The molecule has 14 heavy (non-hydrogen) atoms. The molecule has 0 amide bonds. The van der Waals surface area contributed by atoms with Crippen LogP contribution in [0, 0.1) is 0 Å². The summed E-state index contributed by atoms with van der Waals surface area (Å²) in [6, 6.07) is -1.33. The highest BCUT2D eigenvalue weighted by molar-refractivity contribution is 5.75. The van der Waals surface area contributed by atoms with Gasteiger partial charge in [-0.3, -0.25) is 4.90 Å². The monoisotopic (exact) mass is 202 g/mol. The van der Waals surface area contributed by atoms with Crippen molar-refractivity contribution in [3.63, 3.8) is 0 Å². The lowest BCUT2D eigenvalue weighted by molar-refractivity contribution is -0.317. The van der Waals surface area contributed by atoms with Crippen LogP contribution in [-0.2, 0) is 14.4 Å². The van der Waals surface area contributed by atoms with E-state index < -0.39 is 37.0 Å². The summed E-state index contributed by atoms with van der Waals surface area (Å²) in [5, 5.41) is 30.6. The van der Waals surface area contributed by atoms with Gasteiger partial charge in [-0.05, 0) is 6.92 Å². The molecule has 0 N–H and O–H groups in total. The molecular formula is C7H8NO6-3. The molecule has 0 bridgehead atoms. The minimum Gasteiger partial charge on any atom is -0.549 e. The van der Waals surface area contributed by atoms with Gasteiger partial charge in [0.1, 0.15) is 0 Å². The van der Waals surface area contributed by atoms with E-state index in [-0.39, 0.29) is 0 Å². The zero-order valence-electron chi connectivity index (χ0n) is 7.39. The summed E-state index contributed by atoms with van der Waals surface area (Å²) in [6.07, 6.45) is 0. The van der Waals surface area contributed by atoms with Crippen LogP contribution in [0.25, 0.3) is 0 Å². The Kier molecular flexibility index (Phi) is 4.57. The van der Waals surface area contributed by atoms with Crippen molar-refractivity contribution in [2.24, 2.45) is 0 Å². The lowest BCUT2D eigenvalue weighted by atomic mass is 10.3. The van der Waals surface area contributed by atoms with Crippen molar-refractivity contribution >= 4 is 17.9 Å². The van der Waals surface area contributed by atoms with E-state index in [1.165, 1.54) is 0 Å². The lowest BCUT2D eigenvalue weighted by Gasteiger charge is -2.30. The van der Waals surface area contributed by atoms with E-state index in [1.54, 1.807) is 0 Å². The van der Waals surface area contributed by atoms with Gasteiger partial charge in [0.05, 0.1) is 17.9 Å². The fourth-order valence-corrected chi connectivity index (χ4v) is 0.810. The number of carbonyl (C=O) groups is 3. The largest absolute Gasteiger partial charge is 0.549 e. The average molecular weight is 202 g/mol. The number of nitrogens with zero attached hydrogens (tertiary/aromatic N) is 1. The number of aliphatic carboxylic acids is 3. The molecule has 7 nitrogen and oxygen atoms in total. The van der Waals surface area contributed by atoms with E-state index in [0.717, 1.165) is 6.92 Å². The highest BCUT2D eigenvalue weighted by atomic mass is 16.4. The van der Waals surface area contributed by atoms with E-state index in [1.807, 2.05) is 0 Å². The van der Waals surface area contributed by atoms with E-state index in [0.29, 0.717) is 4.90 Å². The van der Waals surface area contributed by atoms with E-state index in [9.17, 15) is 29.7 Å². The molecule has 1 unspecified atom stereocenters. The molecule has 0 aromatic heterocycles. The molecule has 0 heterocycles. The molecule has 0 saturated heterocycles. The van der Waals surface area contributed by atoms with Crippen LogP contribution in [0.3, 0.4) is 0 Å². The highest BCUT2D eigenvalue weighted by Crippen LogP contribution is 1.96. The average Bonchev–Trinajstić information content (AvgIpc) is 1.99. The van der Waals surface area contributed by atoms with Crippen LogP contribution in [0.5, 0.6) is 0 Å². The second-order valence-electron chi connectivity index (χ2n) is 2.64. The normalized spacial score (nSPS) is 12.4. The maximum atomic E-state index is 10.3. The predicted molar refractivity (Wildman–Crippen MR) is 36.1 cm³/mol. The molecule has 0 spiro atoms.